The summed E-state index contributed by atoms with van der Waals surface area (Å²) in [7, 11) is 0. The molecular formula is C33H39N7O2. The third-order valence-corrected chi connectivity index (χ3v) is 8.73. The number of aliphatic imine (C=N–C) groups is 1. The van der Waals surface area contributed by atoms with E-state index in [0.29, 0.717) is 24.8 Å². The van der Waals surface area contributed by atoms with Gasteiger partial charge in [0, 0.05) is 52.5 Å². The van der Waals surface area contributed by atoms with Crippen molar-refractivity contribution in [1.82, 2.24) is 20.8 Å². The number of fused-ring (bicyclic) bond motifs is 5. The van der Waals surface area contributed by atoms with Crippen molar-refractivity contribution in [2.24, 2.45) is 10.1 Å². The first-order chi connectivity index (χ1) is 20.0. The van der Waals surface area contributed by atoms with E-state index in [0.717, 1.165) is 39.7 Å². The fourth-order valence-corrected chi connectivity index (χ4v) is 6.86. The maximum Gasteiger partial charge on any atom is 0.251 e. The molecule has 9 heteroatoms. The summed E-state index contributed by atoms with van der Waals surface area (Å²) in [6, 6.07) is 19.8. The molecular weight excluding hydrogens is 526 g/mol. The van der Waals surface area contributed by atoms with Crippen molar-refractivity contribution < 1.29 is 10.0 Å². The van der Waals surface area contributed by atoms with Crippen LogP contribution in [0.2, 0.25) is 0 Å². The number of carbonyl (C=O) groups is 1. The number of piperidine rings is 1. The molecule has 3 aliphatic rings. The zero-order valence-electron chi connectivity index (χ0n) is 24.8. The number of amidine groups is 1. The molecule has 0 saturated carbocycles. The molecule has 1 fully saturated rings. The van der Waals surface area contributed by atoms with E-state index in [1.54, 1.807) is 6.20 Å². The van der Waals surface area contributed by atoms with Crippen molar-refractivity contribution in [2.75, 3.05) is 5.32 Å². The second-order valence-corrected chi connectivity index (χ2v) is 12.9. The molecule has 3 aliphatic heterocycles. The van der Waals surface area contributed by atoms with Crippen molar-refractivity contribution in [2.45, 2.75) is 83.0 Å². The zero-order chi connectivity index (χ0) is 29.6. The summed E-state index contributed by atoms with van der Waals surface area (Å²) < 4.78 is 0. The third-order valence-electron chi connectivity index (χ3n) is 8.73. The van der Waals surface area contributed by atoms with Crippen LogP contribution in [0, 0.1) is 0 Å². The zero-order valence-corrected chi connectivity index (χ0v) is 24.8. The van der Waals surface area contributed by atoms with E-state index >= 15 is 0 Å². The molecule has 1 unspecified atom stereocenters. The van der Waals surface area contributed by atoms with E-state index in [4.69, 9.17) is 4.99 Å². The van der Waals surface area contributed by atoms with Gasteiger partial charge in [-0.15, -0.1) is 0 Å². The van der Waals surface area contributed by atoms with Crippen LogP contribution >= 0.6 is 0 Å². The molecule has 1 aromatic heterocycles. The smallest absolute Gasteiger partial charge is 0.251 e. The maximum absolute atomic E-state index is 13.6. The van der Waals surface area contributed by atoms with Crippen LogP contribution in [0.3, 0.4) is 0 Å². The van der Waals surface area contributed by atoms with Crippen LogP contribution in [-0.4, -0.2) is 49.8 Å². The van der Waals surface area contributed by atoms with Gasteiger partial charge in [-0.1, -0.05) is 24.3 Å². The van der Waals surface area contributed by atoms with Crippen molar-refractivity contribution in [3.63, 3.8) is 0 Å². The summed E-state index contributed by atoms with van der Waals surface area (Å²) in [6.45, 7) is 9.95. The summed E-state index contributed by atoms with van der Waals surface area (Å²) >= 11 is 0. The number of hydrazone groups is 1. The number of carbonyl (C=O) groups excluding carboxylic acids is 1. The summed E-state index contributed by atoms with van der Waals surface area (Å²) in [6.07, 6.45) is 3.71. The largest absolute Gasteiger partial charge is 0.377 e. The van der Waals surface area contributed by atoms with E-state index < -0.39 is 11.1 Å². The average Bonchev–Trinajstić information content (AvgIpc) is 3.23. The number of hydroxylamine groups is 2. The van der Waals surface area contributed by atoms with Crippen LogP contribution in [0.25, 0.3) is 0 Å². The molecule has 3 aromatic rings. The van der Waals surface area contributed by atoms with Crippen LogP contribution in [-0.2, 0) is 0 Å². The number of anilines is 1. The van der Waals surface area contributed by atoms with Gasteiger partial charge < -0.3 is 15.8 Å². The number of hydrogen-bond acceptors (Lipinski definition) is 8. The number of benzene rings is 2. The molecule has 9 nitrogen and oxygen atoms in total. The lowest BCUT2D eigenvalue weighted by Crippen LogP contribution is -2.62. The highest BCUT2D eigenvalue weighted by Gasteiger charge is 2.45. The Morgan fingerprint density at radius 2 is 1.76 bits per heavy atom. The molecule has 0 radical (unpaired) electrons. The lowest BCUT2D eigenvalue weighted by molar-refractivity contribution is -0.245. The van der Waals surface area contributed by atoms with Gasteiger partial charge in [0.15, 0.2) is 0 Å². The molecule has 4 N–H and O–H groups in total. The molecule has 42 heavy (non-hydrogen) atoms. The number of para-hydroxylation sites is 1. The Hall–Kier alpha value is -4.08. The predicted molar refractivity (Wildman–Crippen MR) is 166 cm³/mol. The monoisotopic (exact) mass is 565 g/mol. The Morgan fingerprint density at radius 3 is 2.50 bits per heavy atom. The summed E-state index contributed by atoms with van der Waals surface area (Å²) in [5.74, 6) is 0.722. The Bertz CT molecular complexity index is 1550. The highest BCUT2D eigenvalue weighted by atomic mass is 16.5. The van der Waals surface area contributed by atoms with Gasteiger partial charge in [0.05, 0.1) is 23.1 Å². The summed E-state index contributed by atoms with van der Waals surface area (Å²) in [5.41, 5.74) is 8.68. The van der Waals surface area contributed by atoms with Crippen LogP contribution < -0.4 is 16.1 Å². The van der Waals surface area contributed by atoms with Crippen LogP contribution in [0.1, 0.15) is 93.0 Å². The first-order valence-electron chi connectivity index (χ1n) is 14.6. The van der Waals surface area contributed by atoms with Crippen LogP contribution in [0.5, 0.6) is 0 Å². The Morgan fingerprint density at radius 1 is 1.02 bits per heavy atom. The molecule has 1 saturated heterocycles. The standard InChI is InChI=1S/C33H39N7O2/c1-20(26-11-8-9-15-34-26)38-39-29-17-25-24-16-21(31(41)35-22-18-32(2,3)40(42)33(4,5)19-22)13-14-28(24)37-30(25)23-10-6-7-12-27(23)36-29/h6-16,22,25,30,37,42H,17-19H2,1-5H3,(H,35,41)(H,36,39)/b38-20+/t25-,30?/m0/s1. The number of nitrogens with one attached hydrogen (secondary N) is 3. The molecule has 2 aromatic carbocycles. The topological polar surface area (TPSA) is 114 Å². The minimum atomic E-state index is -0.442. The summed E-state index contributed by atoms with van der Waals surface area (Å²) in [5, 5.41) is 23.7. The van der Waals surface area contributed by atoms with Crippen LogP contribution in [0.15, 0.2) is 77.0 Å². The van der Waals surface area contributed by atoms with E-state index in [1.807, 2.05) is 89.2 Å². The molecule has 0 spiro atoms. The Balaban J connectivity index is 1.26. The first kappa shape index (κ1) is 28.1. The van der Waals surface area contributed by atoms with Crippen molar-refractivity contribution in [1.29, 1.82) is 0 Å². The molecule has 0 bridgehead atoms. The second kappa shape index (κ2) is 10.6. The number of pyridine rings is 1. The fourth-order valence-electron chi connectivity index (χ4n) is 6.86. The maximum atomic E-state index is 13.6. The van der Waals surface area contributed by atoms with Gasteiger partial charge in [0.2, 0.25) is 0 Å². The third kappa shape index (κ3) is 5.30. The number of hydrogen-bond donors (Lipinski definition) is 4. The van der Waals surface area contributed by atoms with Crippen LogP contribution in [0.4, 0.5) is 11.4 Å². The second-order valence-electron chi connectivity index (χ2n) is 12.9. The van der Waals surface area contributed by atoms with Gasteiger partial charge in [-0.2, -0.15) is 10.2 Å². The van der Waals surface area contributed by atoms with E-state index in [1.165, 1.54) is 5.06 Å². The highest BCUT2D eigenvalue weighted by Crippen LogP contribution is 2.50. The molecule has 1 amide bonds. The normalized spacial score (nSPS) is 23.0. The number of amides is 1. The van der Waals surface area contributed by atoms with Crippen molar-refractivity contribution in [3.05, 3.63) is 89.2 Å². The SMILES string of the molecule is C/C(=N\NC1=Nc2ccccc2C2Nc3ccc(C(=O)NC4CC(C)(C)N(O)C(C)(C)C4)cc3[C@@H]2C1)c1ccccn1. The Labute approximate surface area is 247 Å². The molecule has 2 atom stereocenters. The van der Waals surface area contributed by atoms with Gasteiger partial charge in [-0.05, 0) is 89.4 Å². The van der Waals surface area contributed by atoms with Crippen molar-refractivity contribution >= 4 is 28.8 Å². The number of nitrogens with zero attached hydrogens (tertiary/aromatic N) is 4. The van der Waals surface area contributed by atoms with Gasteiger partial charge in [-0.3, -0.25) is 15.2 Å². The van der Waals surface area contributed by atoms with E-state index in [-0.39, 0.29) is 23.9 Å². The highest BCUT2D eigenvalue weighted by molar-refractivity contribution is 5.98. The summed E-state index contributed by atoms with van der Waals surface area (Å²) in [4.78, 5) is 22.9. The van der Waals surface area contributed by atoms with Gasteiger partial charge >= 0.3 is 0 Å². The molecule has 4 heterocycles. The minimum Gasteiger partial charge on any atom is -0.377 e. The quantitative estimate of drug-likeness (QED) is 0.231. The number of rotatable bonds is 4. The minimum absolute atomic E-state index is 0.0221. The average molecular weight is 566 g/mol. The Kier molecular flexibility index (Phi) is 7.11. The molecule has 6 rings (SSSR count). The van der Waals surface area contributed by atoms with E-state index in [9.17, 15) is 10.0 Å². The first-order valence-corrected chi connectivity index (χ1v) is 14.6. The van der Waals surface area contributed by atoms with Gasteiger partial charge in [-0.25, -0.2) is 4.99 Å². The lowest BCUT2D eigenvalue weighted by Gasteiger charge is -2.51. The van der Waals surface area contributed by atoms with Crippen molar-refractivity contribution in [3.8, 4) is 0 Å². The number of aromatic nitrogens is 1. The predicted octanol–water partition coefficient (Wildman–Crippen LogP) is 5.92. The fraction of sp³-hybridized carbons (Fsp3) is 0.394. The lowest BCUT2D eigenvalue weighted by atomic mass is 9.79. The molecule has 218 valence electrons. The van der Waals surface area contributed by atoms with E-state index in [2.05, 4.69) is 32.2 Å². The van der Waals surface area contributed by atoms with Gasteiger partial charge in [0.1, 0.15) is 5.84 Å². The molecule has 0 aliphatic carbocycles. The van der Waals surface area contributed by atoms with Gasteiger partial charge in [0.25, 0.3) is 5.91 Å².